The SMILES string of the molecule is C=N/C=c1/ncc(C(=O)OCCl)c/c1=C/C. The Bertz CT molecular complexity index is 511. The summed E-state index contributed by atoms with van der Waals surface area (Å²) in [6.45, 7) is 5.19. The van der Waals surface area contributed by atoms with Gasteiger partial charge >= 0.3 is 5.97 Å². The summed E-state index contributed by atoms with van der Waals surface area (Å²) in [5, 5.41) is 1.44. The average Bonchev–Trinajstić information content (AvgIpc) is 2.30. The third kappa shape index (κ3) is 2.90. The van der Waals surface area contributed by atoms with Crippen LogP contribution >= 0.6 is 11.6 Å². The number of hydrogen-bond donors (Lipinski definition) is 0. The molecule has 1 aromatic rings. The number of aromatic nitrogens is 1. The Morgan fingerprint density at radius 3 is 3.06 bits per heavy atom. The van der Waals surface area contributed by atoms with E-state index in [1.165, 1.54) is 12.4 Å². The van der Waals surface area contributed by atoms with Gasteiger partial charge in [-0.25, -0.2) is 4.79 Å². The van der Waals surface area contributed by atoms with Crippen LogP contribution < -0.4 is 10.6 Å². The molecule has 0 atom stereocenters. The number of pyridine rings is 1. The molecule has 0 aliphatic rings. The quantitative estimate of drug-likeness (QED) is 0.442. The first-order valence-electron chi connectivity index (χ1n) is 4.54. The predicted molar refractivity (Wildman–Crippen MR) is 63.8 cm³/mol. The van der Waals surface area contributed by atoms with Crippen LogP contribution in [0.1, 0.15) is 17.3 Å². The zero-order valence-electron chi connectivity index (χ0n) is 8.81. The molecule has 0 aliphatic carbocycles. The first-order valence-corrected chi connectivity index (χ1v) is 5.08. The van der Waals surface area contributed by atoms with Gasteiger partial charge in [0.25, 0.3) is 0 Å². The first kappa shape index (κ1) is 12.4. The van der Waals surface area contributed by atoms with Crippen molar-refractivity contribution in [2.24, 2.45) is 4.99 Å². The number of carbonyl (C=O) groups is 1. The number of alkyl halides is 1. The van der Waals surface area contributed by atoms with Crippen LogP contribution in [0.25, 0.3) is 12.3 Å². The highest BCUT2D eigenvalue weighted by molar-refractivity contribution is 6.17. The van der Waals surface area contributed by atoms with Gasteiger partial charge in [-0.15, -0.1) is 0 Å². The molecule has 0 saturated carbocycles. The molecule has 0 unspecified atom stereocenters. The molecule has 1 heterocycles. The Morgan fingerprint density at radius 2 is 2.50 bits per heavy atom. The minimum atomic E-state index is -0.497. The van der Waals surface area contributed by atoms with Gasteiger partial charge in [0.05, 0.1) is 17.1 Å². The van der Waals surface area contributed by atoms with Crippen LogP contribution in [0, 0.1) is 0 Å². The van der Waals surface area contributed by atoms with E-state index in [0.29, 0.717) is 10.9 Å². The molecule has 0 amide bonds. The van der Waals surface area contributed by atoms with Crippen molar-refractivity contribution < 1.29 is 9.53 Å². The average molecular weight is 239 g/mol. The van der Waals surface area contributed by atoms with Crippen molar-refractivity contribution in [1.82, 2.24) is 4.98 Å². The maximum absolute atomic E-state index is 11.4. The largest absolute Gasteiger partial charge is 0.446 e. The molecule has 0 N–H and O–H groups in total. The smallest absolute Gasteiger partial charge is 0.340 e. The van der Waals surface area contributed by atoms with Crippen LogP contribution in [-0.2, 0) is 4.74 Å². The van der Waals surface area contributed by atoms with E-state index < -0.39 is 5.97 Å². The zero-order valence-corrected chi connectivity index (χ0v) is 9.57. The number of ether oxygens (including phenoxy) is 1. The van der Waals surface area contributed by atoms with Gasteiger partial charge in [0.1, 0.15) is 0 Å². The lowest BCUT2D eigenvalue weighted by Crippen LogP contribution is -2.29. The summed E-state index contributed by atoms with van der Waals surface area (Å²) in [6, 6.07) is 1.49. The number of halogens is 1. The van der Waals surface area contributed by atoms with E-state index in [9.17, 15) is 4.79 Å². The zero-order chi connectivity index (χ0) is 12.0. The van der Waals surface area contributed by atoms with E-state index in [0.717, 1.165) is 5.22 Å². The number of carbonyl (C=O) groups excluding carboxylic acids is 1. The molecule has 1 rings (SSSR count). The van der Waals surface area contributed by atoms with Gasteiger partial charge in [-0.1, -0.05) is 17.7 Å². The van der Waals surface area contributed by atoms with E-state index in [4.69, 9.17) is 11.6 Å². The molecule has 0 spiro atoms. The fraction of sp³-hybridized carbons (Fsp3) is 0.182. The van der Waals surface area contributed by atoms with Crippen molar-refractivity contribution in [2.45, 2.75) is 6.92 Å². The van der Waals surface area contributed by atoms with Crippen molar-refractivity contribution in [3.8, 4) is 0 Å². The topological polar surface area (TPSA) is 51.5 Å². The van der Waals surface area contributed by atoms with Gasteiger partial charge in [-0.3, -0.25) is 9.98 Å². The second-order valence-corrected chi connectivity index (χ2v) is 3.06. The van der Waals surface area contributed by atoms with E-state index in [1.807, 2.05) is 13.0 Å². The number of esters is 1. The lowest BCUT2D eigenvalue weighted by molar-refractivity contribution is 0.0573. The van der Waals surface area contributed by atoms with Gasteiger partial charge in [-0.05, 0) is 24.9 Å². The predicted octanol–water partition coefficient (Wildman–Crippen LogP) is 0.674. The first-order chi connectivity index (χ1) is 7.72. The minimum Gasteiger partial charge on any atom is -0.446 e. The summed E-state index contributed by atoms with van der Waals surface area (Å²) in [5.74, 6) is -0.497. The maximum atomic E-state index is 11.4. The van der Waals surface area contributed by atoms with Crippen molar-refractivity contribution in [3.63, 3.8) is 0 Å². The lowest BCUT2D eigenvalue weighted by atomic mass is 10.2. The van der Waals surface area contributed by atoms with Gasteiger partial charge in [-0.2, -0.15) is 0 Å². The van der Waals surface area contributed by atoms with Crippen molar-refractivity contribution in [2.75, 3.05) is 6.07 Å². The Kier molecular flexibility index (Phi) is 4.66. The molecule has 0 aromatic carbocycles. The summed E-state index contributed by atoms with van der Waals surface area (Å²) >= 11 is 5.30. The Morgan fingerprint density at radius 1 is 1.75 bits per heavy atom. The fourth-order valence-corrected chi connectivity index (χ4v) is 1.26. The van der Waals surface area contributed by atoms with Crippen molar-refractivity contribution >= 4 is 36.6 Å². The summed E-state index contributed by atoms with van der Waals surface area (Å²) in [6.07, 6.45) is 4.76. The Labute approximate surface area is 97.9 Å². The number of rotatable bonds is 3. The standard InChI is InChI=1S/C11H11ClN2O2/c1-3-8-4-9(11(15)16-7-12)5-14-10(8)6-13-2/h3-6H,2,7H2,1H3/b8-3-,10-6+. The molecule has 4 nitrogen and oxygen atoms in total. The van der Waals surface area contributed by atoms with E-state index in [1.54, 1.807) is 6.07 Å². The van der Waals surface area contributed by atoms with Crippen LogP contribution in [0.5, 0.6) is 0 Å². The summed E-state index contributed by atoms with van der Waals surface area (Å²) in [5.41, 5.74) is 0.356. The molecule has 0 bridgehead atoms. The third-order valence-electron chi connectivity index (χ3n) is 1.90. The Balaban J connectivity index is 3.25. The third-order valence-corrected chi connectivity index (χ3v) is 2.00. The minimum absolute atomic E-state index is 0.175. The highest BCUT2D eigenvalue weighted by Gasteiger charge is 2.06. The molecule has 5 heteroatoms. The molecule has 0 aliphatic heterocycles. The lowest BCUT2D eigenvalue weighted by Gasteiger charge is -1.99. The highest BCUT2D eigenvalue weighted by atomic mass is 35.5. The van der Waals surface area contributed by atoms with Gasteiger partial charge in [0.15, 0.2) is 6.07 Å². The summed E-state index contributed by atoms with van der Waals surface area (Å²) < 4.78 is 4.65. The highest BCUT2D eigenvalue weighted by Crippen LogP contribution is 1.95. The normalized spacial score (nSPS) is 12.6. The van der Waals surface area contributed by atoms with Crippen LogP contribution in [0.15, 0.2) is 17.3 Å². The van der Waals surface area contributed by atoms with Gasteiger partial charge < -0.3 is 4.74 Å². The van der Waals surface area contributed by atoms with Crippen LogP contribution in [-0.4, -0.2) is 23.7 Å². The van der Waals surface area contributed by atoms with E-state index >= 15 is 0 Å². The monoisotopic (exact) mass is 238 g/mol. The Hall–Kier alpha value is -1.68. The molecular formula is C11H11ClN2O2. The van der Waals surface area contributed by atoms with Crippen molar-refractivity contribution in [1.29, 1.82) is 0 Å². The molecule has 0 radical (unpaired) electrons. The maximum Gasteiger partial charge on any atom is 0.340 e. The summed E-state index contributed by atoms with van der Waals surface area (Å²) in [7, 11) is 0. The van der Waals surface area contributed by atoms with Gasteiger partial charge in [0.2, 0.25) is 0 Å². The molecule has 1 aromatic heterocycles. The van der Waals surface area contributed by atoms with Gasteiger partial charge in [0, 0.05) is 6.20 Å². The molecule has 84 valence electrons. The number of hydrogen-bond acceptors (Lipinski definition) is 4. The van der Waals surface area contributed by atoms with Crippen LogP contribution in [0.3, 0.4) is 0 Å². The fourth-order valence-electron chi connectivity index (χ4n) is 1.16. The molecule has 0 saturated heterocycles. The second-order valence-electron chi connectivity index (χ2n) is 2.84. The second kappa shape index (κ2) is 6.02. The number of nitrogens with zero attached hydrogens (tertiary/aromatic N) is 2. The van der Waals surface area contributed by atoms with Crippen LogP contribution in [0.2, 0.25) is 0 Å². The number of aliphatic imine (C=N–C) groups is 1. The van der Waals surface area contributed by atoms with Crippen LogP contribution in [0.4, 0.5) is 0 Å². The van der Waals surface area contributed by atoms with E-state index in [2.05, 4.69) is 21.4 Å². The summed E-state index contributed by atoms with van der Waals surface area (Å²) in [4.78, 5) is 19.1. The molecule has 0 fully saturated rings. The van der Waals surface area contributed by atoms with E-state index in [-0.39, 0.29) is 6.07 Å². The van der Waals surface area contributed by atoms with Crippen molar-refractivity contribution in [3.05, 3.63) is 28.4 Å². The molecular weight excluding hydrogens is 228 g/mol. The molecule has 16 heavy (non-hydrogen) atoms.